The highest BCUT2D eigenvalue weighted by Crippen LogP contribution is 2.29. The normalized spacial score (nSPS) is 9.41. The van der Waals surface area contributed by atoms with Crippen LogP contribution in [-0.4, -0.2) is 15.9 Å². The summed E-state index contributed by atoms with van der Waals surface area (Å²) in [5.41, 5.74) is 7.98. The van der Waals surface area contributed by atoms with Crippen molar-refractivity contribution in [2.24, 2.45) is 5.73 Å². The van der Waals surface area contributed by atoms with Crippen molar-refractivity contribution in [2.45, 2.75) is 20.3 Å². The van der Waals surface area contributed by atoms with Gasteiger partial charge in [0.15, 0.2) is 0 Å². The minimum Gasteiger partial charge on any atom is -0.386 e. The zero-order valence-electron chi connectivity index (χ0n) is 12.6. The van der Waals surface area contributed by atoms with Crippen LogP contribution in [0, 0.1) is 0 Å². The van der Waals surface area contributed by atoms with Gasteiger partial charge >= 0.3 is 0 Å². The Morgan fingerprint density at radius 2 is 1.95 bits per heavy atom. The zero-order chi connectivity index (χ0) is 16.5. The third kappa shape index (κ3) is 4.96. The Hall–Kier alpha value is -2.21. The van der Waals surface area contributed by atoms with Gasteiger partial charge in [0.1, 0.15) is 6.33 Å². The highest BCUT2D eigenvalue weighted by Gasteiger charge is 2.13. The topological polar surface area (TPSA) is 80.9 Å². The van der Waals surface area contributed by atoms with Crippen LogP contribution in [0.2, 0.25) is 0 Å². The molecule has 0 radical (unpaired) electrons. The summed E-state index contributed by atoms with van der Waals surface area (Å²) in [6.45, 7) is 7.45. The third-order valence-electron chi connectivity index (χ3n) is 2.63. The minimum absolute atomic E-state index is 0.131. The number of nitrogens with zero attached hydrogens (tertiary/aromatic N) is 2. The molecule has 3 N–H and O–H groups in total. The fourth-order valence-corrected chi connectivity index (χ4v) is 2.34. The summed E-state index contributed by atoms with van der Waals surface area (Å²) < 4.78 is 0.844. The van der Waals surface area contributed by atoms with Crippen LogP contribution in [0.1, 0.15) is 19.4 Å². The Morgan fingerprint density at radius 1 is 1.32 bits per heavy atom. The number of amides is 1. The number of hydrogen-bond donors (Lipinski definition) is 2. The van der Waals surface area contributed by atoms with Crippen molar-refractivity contribution in [3.05, 3.63) is 59.4 Å². The van der Waals surface area contributed by atoms with Gasteiger partial charge in [0.25, 0.3) is 0 Å². The molecule has 2 rings (SSSR count). The molecule has 1 amide bonds. The maximum atomic E-state index is 11.9. The predicted molar refractivity (Wildman–Crippen MR) is 91.7 cm³/mol. The number of nitrogens with two attached hydrogens (primary N) is 1. The fourth-order valence-electron chi connectivity index (χ4n) is 1.83. The van der Waals surface area contributed by atoms with E-state index < -0.39 is 0 Å². The summed E-state index contributed by atoms with van der Waals surface area (Å²) in [4.78, 5) is 19.9. The molecule has 1 aromatic carbocycles. The molecule has 0 spiro atoms. The molecule has 0 bridgehead atoms. The van der Waals surface area contributed by atoms with E-state index in [0.717, 1.165) is 21.2 Å². The van der Waals surface area contributed by atoms with Crippen molar-refractivity contribution in [1.29, 1.82) is 0 Å². The molecule has 0 saturated carbocycles. The van der Waals surface area contributed by atoms with E-state index in [9.17, 15) is 4.79 Å². The molecule has 0 atom stereocenters. The predicted octanol–water partition coefficient (Wildman–Crippen LogP) is 3.02. The Kier molecular flexibility index (Phi) is 7.25. The van der Waals surface area contributed by atoms with E-state index in [0.29, 0.717) is 0 Å². The van der Waals surface area contributed by atoms with Gasteiger partial charge in [-0.1, -0.05) is 48.5 Å². The highest BCUT2D eigenvalue weighted by molar-refractivity contribution is 9.10. The summed E-state index contributed by atoms with van der Waals surface area (Å²) >= 11 is 3.46. The molecule has 5 nitrogen and oxygen atoms in total. The third-order valence-corrected chi connectivity index (χ3v) is 3.37. The minimum atomic E-state index is -0.220. The van der Waals surface area contributed by atoms with E-state index in [4.69, 9.17) is 5.73 Å². The first-order chi connectivity index (χ1) is 10.6. The molecule has 22 heavy (non-hydrogen) atoms. The molecule has 0 unspecified atom stereocenters. The van der Waals surface area contributed by atoms with Crippen LogP contribution in [-0.2, 0) is 11.2 Å². The second-order valence-electron chi connectivity index (χ2n) is 4.14. The van der Waals surface area contributed by atoms with Crippen molar-refractivity contribution in [3.63, 3.8) is 0 Å². The highest BCUT2D eigenvalue weighted by atomic mass is 79.9. The van der Waals surface area contributed by atoms with E-state index in [1.807, 2.05) is 32.0 Å². The monoisotopic (exact) mass is 362 g/mol. The lowest BCUT2D eigenvalue weighted by Gasteiger charge is -2.11. The number of benzene rings is 1. The maximum absolute atomic E-state index is 11.9. The Morgan fingerprint density at radius 3 is 2.55 bits per heavy atom. The van der Waals surface area contributed by atoms with Crippen molar-refractivity contribution in [2.75, 3.05) is 0 Å². The van der Waals surface area contributed by atoms with Crippen molar-refractivity contribution in [3.8, 4) is 11.1 Å². The zero-order valence-corrected chi connectivity index (χ0v) is 14.2. The summed E-state index contributed by atoms with van der Waals surface area (Å²) in [6, 6.07) is 5.70. The van der Waals surface area contributed by atoms with Gasteiger partial charge in [0, 0.05) is 22.4 Å². The fraction of sp³-hybridized carbons (Fsp3) is 0.188. The standard InChI is InChI=1S/C14H13BrN4O.C2H6/c1-9(16)19-14(20)5-12-11(3-2-4-13(12)15)10-6-17-8-18-7-10;1-2/h2-4,6-8H,1,5,16H2,(H,19,20);1-2H3. The number of hydrogen-bond acceptors (Lipinski definition) is 4. The molecule has 0 aliphatic carbocycles. The maximum Gasteiger partial charge on any atom is 0.229 e. The molecule has 1 aromatic heterocycles. The number of carbonyl (C=O) groups excluding carboxylic acids is 1. The summed E-state index contributed by atoms with van der Waals surface area (Å²) in [6.07, 6.45) is 5.06. The van der Waals surface area contributed by atoms with Gasteiger partial charge in [0.05, 0.1) is 12.2 Å². The second-order valence-corrected chi connectivity index (χ2v) is 5.00. The molecular weight excluding hydrogens is 344 g/mol. The lowest BCUT2D eigenvalue weighted by molar-refractivity contribution is -0.119. The number of nitrogens with one attached hydrogen (secondary N) is 1. The quantitative estimate of drug-likeness (QED) is 0.875. The lowest BCUT2D eigenvalue weighted by atomic mass is 9.99. The number of halogens is 1. The molecule has 0 aliphatic rings. The van der Waals surface area contributed by atoms with Crippen LogP contribution in [0.3, 0.4) is 0 Å². The largest absolute Gasteiger partial charge is 0.386 e. The van der Waals surface area contributed by atoms with Gasteiger partial charge in [0.2, 0.25) is 5.91 Å². The molecule has 0 saturated heterocycles. The van der Waals surface area contributed by atoms with Gasteiger partial charge in [-0.3, -0.25) is 4.79 Å². The van der Waals surface area contributed by atoms with E-state index in [1.165, 1.54) is 6.33 Å². The molecule has 116 valence electrons. The van der Waals surface area contributed by atoms with Crippen LogP contribution < -0.4 is 11.1 Å². The van der Waals surface area contributed by atoms with E-state index in [1.54, 1.807) is 12.4 Å². The molecule has 1 heterocycles. The molecule has 0 aliphatic heterocycles. The van der Waals surface area contributed by atoms with Crippen molar-refractivity contribution >= 4 is 21.8 Å². The van der Waals surface area contributed by atoms with Gasteiger partial charge in [-0.2, -0.15) is 0 Å². The van der Waals surface area contributed by atoms with E-state index >= 15 is 0 Å². The van der Waals surface area contributed by atoms with Crippen LogP contribution in [0.4, 0.5) is 0 Å². The van der Waals surface area contributed by atoms with E-state index in [2.05, 4.69) is 37.8 Å². The number of aromatic nitrogens is 2. The lowest BCUT2D eigenvalue weighted by Crippen LogP contribution is -2.28. The first-order valence-electron chi connectivity index (χ1n) is 6.85. The van der Waals surface area contributed by atoms with Crippen molar-refractivity contribution in [1.82, 2.24) is 15.3 Å². The first-order valence-corrected chi connectivity index (χ1v) is 7.64. The van der Waals surface area contributed by atoms with Gasteiger partial charge in [-0.15, -0.1) is 0 Å². The number of carbonyl (C=O) groups is 1. The van der Waals surface area contributed by atoms with Gasteiger partial charge in [-0.25, -0.2) is 9.97 Å². The SMILES string of the molecule is C=C(N)NC(=O)Cc1c(Br)cccc1-c1cncnc1.CC. The van der Waals surface area contributed by atoms with Gasteiger partial charge in [-0.05, 0) is 17.2 Å². The summed E-state index contributed by atoms with van der Waals surface area (Å²) in [7, 11) is 0. The van der Waals surface area contributed by atoms with Crippen LogP contribution in [0.5, 0.6) is 0 Å². The first kappa shape index (κ1) is 17.8. The molecule has 6 heteroatoms. The second kappa shape index (κ2) is 8.94. The average Bonchev–Trinajstić information content (AvgIpc) is 2.51. The van der Waals surface area contributed by atoms with Crippen molar-refractivity contribution < 1.29 is 4.79 Å². The Labute approximate surface area is 138 Å². The van der Waals surface area contributed by atoms with Crippen LogP contribution in [0.15, 0.2) is 53.8 Å². The summed E-state index contributed by atoms with van der Waals surface area (Å²) in [5, 5.41) is 2.49. The smallest absolute Gasteiger partial charge is 0.229 e. The van der Waals surface area contributed by atoms with E-state index in [-0.39, 0.29) is 18.1 Å². The molecule has 0 fully saturated rings. The average molecular weight is 363 g/mol. The molecular formula is C16H19BrN4O. The van der Waals surface area contributed by atoms with Crippen LogP contribution >= 0.6 is 15.9 Å². The van der Waals surface area contributed by atoms with Crippen LogP contribution in [0.25, 0.3) is 11.1 Å². The van der Waals surface area contributed by atoms with Gasteiger partial charge < -0.3 is 11.1 Å². The Bertz CT molecular complexity index is 644. The number of rotatable bonds is 4. The summed E-state index contributed by atoms with van der Waals surface area (Å²) in [5.74, 6) is -0.0888. The Balaban J connectivity index is 0.00000116. The molecule has 2 aromatic rings.